The number of aromatic nitrogens is 3. The van der Waals surface area contributed by atoms with Gasteiger partial charge in [0.25, 0.3) is 0 Å². The van der Waals surface area contributed by atoms with Crippen LogP contribution in [0.1, 0.15) is 12.5 Å². The third kappa shape index (κ3) is 3.13. The van der Waals surface area contributed by atoms with Gasteiger partial charge in [-0.2, -0.15) is 0 Å². The van der Waals surface area contributed by atoms with Crippen LogP contribution in [0.5, 0.6) is 5.88 Å². The van der Waals surface area contributed by atoms with Gasteiger partial charge in [-0.3, -0.25) is 0 Å². The second-order valence-electron chi connectivity index (χ2n) is 4.71. The molecule has 1 aromatic carbocycles. The molecule has 0 amide bonds. The third-order valence-electron chi connectivity index (χ3n) is 3.31. The summed E-state index contributed by atoms with van der Waals surface area (Å²) >= 11 is 0. The van der Waals surface area contributed by atoms with Gasteiger partial charge in [0.15, 0.2) is 0 Å². The zero-order valence-electron chi connectivity index (χ0n) is 12.0. The van der Waals surface area contributed by atoms with Gasteiger partial charge < -0.3 is 15.0 Å². The van der Waals surface area contributed by atoms with Crippen LogP contribution >= 0.6 is 0 Å². The van der Waals surface area contributed by atoms with Gasteiger partial charge in [-0.1, -0.05) is 18.2 Å². The number of para-hydroxylation sites is 1. The lowest BCUT2D eigenvalue weighted by Crippen LogP contribution is -2.06. The van der Waals surface area contributed by atoms with Gasteiger partial charge in [0.2, 0.25) is 5.88 Å². The molecule has 0 aliphatic heterocycles. The lowest BCUT2D eigenvalue weighted by Gasteiger charge is -2.06. The molecule has 2 heterocycles. The number of nitrogens with zero attached hydrogens (tertiary/aromatic N) is 2. The van der Waals surface area contributed by atoms with Crippen molar-refractivity contribution in [2.24, 2.45) is 0 Å². The Hall–Kier alpha value is -2.56. The molecule has 108 valence electrons. The molecule has 0 aliphatic carbocycles. The minimum absolute atomic E-state index is 0.599. The number of aromatic amines is 1. The van der Waals surface area contributed by atoms with Crippen LogP contribution < -0.4 is 10.1 Å². The highest BCUT2D eigenvalue weighted by Gasteiger charge is 2.03. The van der Waals surface area contributed by atoms with Crippen molar-refractivity contribution in [2.75, 3.05) is 18.5 Å². The highest BCUT2D eigenvalue weighted by molar-refractivity contribution is 5.83. The number of fused-ring (bicyclic) bond motifs is 1. The summed E-state index contributed by atoms with van der Waals surface area (Å²) in [6, 6.07) is 10.1. The summed E-state index contributed by atoms with van der Waals surface area (Å²) in [5.74, 6) is 1.38. The van der Waals surface area contributed by atoms with Crippen LogP contribution in [0.3, 0.4) is 0 Å². The second kappa shape index (κ2) is 6.26. The highest BCUT2D eigenvalue weighted by Crippen LogP contribution is 2.18. The molecule has 0 bridgehead atoms. The molecule has 5 nitrogen and oxygen atoms in total. The van der Waals surface area contributed by atoms with Crippen molar-refractivity contribution in [1.82, 2.24) is 15.0 Å². The van der Waals surface area contributed by atoms with E-state index in [2.05, 4.69) is 44.7 Å². The SMILES string of the molecule is CCOc1cc(NCCc2c[nH]c3ccccc23)ncn1. The van der Waals surface area contributed by atoms with E-state index in [1.807, 2.05) is 19.1 Å². The molecule has 3 aromatic rings. The fraction of sp³-hybridized carbons (Fsp3) is 0.250. The number of ether oxygens (including phenoxy) is 1. The van der Waals surface area contributed by atoms with Crippen molar-refractivity contribution in [1.29, 1.82) is 0 Å². The molecule has 0 aliphatic rings. The van der Waals surface area contributed by atoms with E-state index >= 15 is 0 Å². The standard InChI is InChI=1S/C16H18N4O/c1-2-21-16-9-15(19-11-20-16)17-8-7-12-10-18-14-6-4-3-5-13(12)14/h3-6,9-11,18H,2,7-8H2,1H3,(H,17,19,20). The lowest BCUT2D eigenvalue weighted by molar-refractivity contribution is 0.326. The summed E-state index contributed by atoms with van der Waals surface area (Å²) in [6.45, 7) is 3.35. The summed E-state index contributed by atoms with van der Waals surface area (Å²) in [4.78, 5) is 11.5. The lowest BCUT2D eigenvalue weighted by atomic mass is 10.1. The maximum absolute atomic E-state index is 5.36. The molecule has 2 N–H and O–H groups in total. The number of H-pyrrole nitrogens is 1. The summed E-state index contributed by atoms with van der Waals surface area (Å²) in [6.07, 6.45) is 4.51. The van der Waals surface area contributed by atoms with Crippen molar-refractivity contribution in [3.8, 4) is 5.88 Å². The third-order valence-corrected chi connectivity index (χ3v) is 3.31. The van der Waals surface area contributed by atoms with E-state index in [9.17, 15) is 0 Å². The molecular weight excluding hydrogens is 264 g/mol. The normalized spacial score (nSPS) is 10.7. The molecule has 0 saturated carbocycles. The van der Waals surface area contributed by atoms with E-state index in [0.717, 1.165) is 18.8 Å². The van der Waals surface area contributed by atoms with E-state index in [-0.39, 0.29) is 0 Å². The average Bonchev–Trinajstić information content (AvgIpc) is 2.92. The Balaban J connectivity index is 1.62. The van der Waals surface area contributed by atoms with Crippen LogP contribution in [0, 0.1) is 0 Å². The van der Waals surface area contributed by atoms with Gasteiger partial charge in [-0.25, -0.2) is 9.97 Å². The molecule has 0 atom stereocenters. The Morgan fingerprint density at radius 2 is 2.14 bits per heavy atom. The van der Waals surface area contributed by atoms with Crippen molar-refractivity contribution in [3.05, 3.63) is 48.4 Å². The first kappa shape index (κ1) is 13.4. The summed E-state index contributed by atoms with van der Waals surface area (Å²) < 4.78 is 5.36. The molecule has 0 unspecified atom stereocenters. The molecule has 5 heteroatoms. The van der Waals surface area contributed by atoms with Crippen LogP contribution in [0.2, 0.25) is 0 Å². The predicted octanol–water partition coefficient (Wildman–Crippen LogP) is 3.01. The molecule has 0 fully saturated rings. The van der Waals surface area contributed by atoms with Crippen molar-refractivity contribution < 1.29 is 4.74 Å². The van der Waals surface area contributed by atoms with Crippen LogP contribution in [0.25, 0.3) is 10.9 Å². The highest BCUT2D eigenvalue weighted by atomic mass is 16.5. The molecular formula is C16H18N4O. The first-order chi connectivity index (χ1) is 10.4. The van der Waals surface area contributed by atoms with E-state index in [1.54, 1.807) is 0 Å². The van der Waals surface area contributed by atoms with E-state index < -0.39 is 0 Å². The molecule has 3 rings (SSSR count). The first-order valence-corrected chi connectivity index (χ1v) is 7.10. The smallest absolute Gasteiger partial charge is 0.218 e. The summed E-state index contributed by atoms with van der Waals surface area (Å²) in [5, 5.41) is 4.58. The quantitative estimate of drug-likeness (QED) is 0.729. The Morgan fingerprint density at radius 1 is 1.24 bits per heavy atom. The molecule has 0 spiro atoms. The van der Waals surface area contributed by atoms with Crippen molar-refractivity contribution in [3.63, 3.8) is 0 Å². The molecule has 0 saturated heterocycles. The number of rotatable bonds is 6. The monoisotopic (exact) mass is 282 g/mol. The number of hydrogen-bond acceptors (Lipinski definition) is 4. The van der Waals surface area contributed by atoms with Crippen LogP contribution in [-0.4, -0.2) is 28.1 Å². The Labute approximate surface area is 123 Å². The number of hydrogen-bond donors (Lipinski definition) is 2. The van der Waals surface area contributed by atoms with Crippen molar-refractivity contribution >= 4 is 16.7 Å². The minimum atomic E-state index is 0.599. The van der Waals surface area contributed by atoms with Gasteiger partial charge >= 0.3 is 0 Å². The molecule has 2 aromatic heterocycles. The first-order valence-electron chi connectivity index (χ1n) is 7.10. The molecule has 21 heavy (non-hydrogen) atoms. The largest absolute Gasteiger partial charge is 0.478 e. The van der Waals surface area contributed by atoms with Crippen molar-refractivity contribution in [2.45, 2.75) is 13.3 Å². The van der Waals surface area contributed by atoms with E-state index in [1.165, 1.54) is 22.8 Å². The van der Waals surface area contributed by atoms with E-state index in [0.29, 0.717) is 12.5 Å². The van der Waals surface area contributed by atoms with Gasteiger partial charge in [-0.05, 0) is 25.0 Å². The number of benzene rings is 1. The van der Waals surface area contributed by atoms with Crippen LogP contribution in [-0.2, 0) is 6.42 Å². The Bertz CT molecular complexity index is 723. The topological polar surface area (TPSA) is 62.8 Å². The second-order valence-corrected chi connectivity index (χ2v) is 4.71. The maximum Gasteiger partial charge on any atom is 0.218 e. The predicted molar refractivity (Wildman–Crippen MR) is 83.7 cm³/mol. The maximum atomic E-state index is 5.36. The zero-order chi connectivity index (χ0) is 14.5. The number of anilines is 1. The van der Waals surface area contributed by atoms with Crippen LogP contribution in [0.15, 0.2) is 42.9 Å². The van der Waals surface area contributed by atoms with Gasteiger partial charge in [0.05, 0.1) is 6.61 Å². The number of nitrogens with one attached hydrogen (secondary N) is 2. The average molecular weight is 282 g/mol. The zero-order valence-corrected chi connectivity index (χ0v) is 12.0. The fourth-order valence-electron chi connectivity index (χ4n) is 2.33. The van der Waals surface area contributed by atoms with Gasteiger partial charge in [0, 0.05) is 29.7 Å². The summed E-state index contributed by atoms with van der Waals surface area (Å²) in [7, 11) is 0. The Morgan fingerprint density at radius 3 is 3.05 bits per heavy atom. The summed E-state index contributed by atoms with van der Waals surface area (Å²) in [5.41, 5.74) is 2.48. The Kier molecular flexibility index (Phi) is 4.00. The molecule has 0 radical (unpaired) electrons. The van der Waals surface area contributed by atoms with Crippen LogP contribution in [0.4, 0.5) is 5.82 Å². The van der Waals surface area contributed by atoms with Gasteiger partial charge in [-0.15, -0.1) is 0 Å². The van der Waals surface area contributed by atoms with Gasteiger partial charge in [0.1, 0.15) is 12.1 Å². The fourth-order valence-corrected chi connectivity index (χ4v) is 2.33. The van der Waals surface area contributed by atoms with E-state index in [4.69, 9.17) is 4.74 Å². The minimum Gasteiger partial charge on any atom is -0.478 e.